The third-order valence-corrected chi connectivity index (χ3v) is 1.89. The molecule has 0 bridgehead atoms. The van der Waals surface area contributed by atoms with Gasteiger partial charge in [-0.3, -0.25) is 0 Å². The van der Waals surface area contributed by atoms with Gasteiger partial charge in [-0.15, -0.1) is 0 Å². The zero-order valence-electron chi connectivity index (χ0n) is 10.5. The van der Waals surface area contributed by atoms with E-state index < -0.39 is 0 Å². The van der Waals surface area contributed by atoms with Crippen LogP contribution >= 0.6 is 0 Å². The zero-order chi connectivity index (χ0) is 13.1. The highest BCUT2D eigenvalue weighted by atomic mass is 16.5. The molecule has 0 spiro atoms. The number of ether oxygens (including phenoxy) is 1. The molecule has 0 aliphatic heterocycles. The molecule has 0 aromatic carbocycles. The van der Waals surface area contributed by atoms with Crippen molar-refractivity contribution in [2.45, 2.75) is 32.6 Å². The van der Waals surface area contributed by atoms with Crippen molar-refractivity contribution < 1.29 is 4.74 Å². The minimum absolute atomic E-state index is 0.0417. The van der Waals surface area contributed by atoms with Gasteiger partial charge in [-0.25, -0.2) is 0 Å². The molecule has 1 aromatic rings. The zero-order valence-corrected chi connectivity index (χ0v) is 10.5. The highest BCUT2D eigenvalue weighted by Crippen LogP contribution is 1.98. The summed E-state index contributed by atoms with van der Waals surface area (Å²) in [4.78, 5) is 10.5. The van der Waals surface area contributed by atoms with Crippen LogP contribution in [0.2, 0.25) is 0 Å². The minimum Gasteiger partial charge on any atom is -0.385 e. The summed E-state index contributed by atoms with van der Waals surface area (Å²) in [7, 11) is 1.76. The van der Waals surface area contributed by atoms with Crippen LogP contribution in [0.1, 0.15) is 32.6 Å². The van der Waals surface area contributed by atoms with Crippen molar-refractivity contribution in [2.75, 3.05) is 30.9 Å². The van der Waals surface area contributed by atoms with Crippen LogP contribution in [-0.4, -0.2) is 28.7 Å². The number of anilines is 3. The molecule has 7 heteroatoms. The van der Waals surface area contributed by atoms with Crippen LogP contribution in [0.4, 0.5) is 17.8 Å². The van der Waals surface area contributed by atoms with E-state index in [1.54, 1.807) is 7.11 Å². The molecule has 0 unspecified atom stereocenters. The van der Waals surface area contributed by atoms with Gasteiger partial charge in [0, 0.05) is 13.7 Å². The summed E-state index contributed by atoms with van der Waals surface area (Å²) in [6.45, 7) is 3.15. The molecule has 7 nitrogen and oxygen atoms in total. The van der Waals surface area contributed by atoms with E-state index in [0.717, 1.165) is 6.61 Å². The molecule has 1 heterocycles. The molecule has 0 saturated heterocycles. The summed E-state index contributed by atoms with van der Waals surface area (Å²) in [6, 6.07) is 0. The maximum absolute atomic E-state index is 5.14. The molecule has 1 aromatic heterocycles. The van der Waals surface area contributed by atoms with Crippen molar-refractivity contribution in [1.82, 2.24) is 15.0 Å². The van der Waals surface area contributed by atoms with E-state index in [-0.39, 0.29) is 17.8 Å². The van der Waals surface area contributed by atoms with E-state index in [1.807, 2.05) is 0 Å². The van der Waals surface area contributed by atoms with Crippen LogP contribution < -0.4 is 17.2 Å². The van der Waals surface area contributed by atoms with E-state index in [4.69, 9.17) is 21.9 Å². The molecule has 0 amide bonds. The van der Waals surface area contributed by atoms with E-state index >= 15 is 0 Å². The minimum atomic E-state index is 0.0417. The number of nitrogens with two attached hydrogens (primary N) is 3. The molecule has 98 valence electrons. The number of unbranched alkanes of at least 4 members (excludes halogenated alkanes) is 3. The largest absolute Gasteiger partial charge is 0.385 e. The fourth-order valence-electron chi connectivity index (χ4n) is 1.10. The molecule has 0 atom stereocenters. The van der Waals surface area contributed by atoms with Crippen molar-refractivity contribution in [1.29, 1.82) is 0 Å². The van der Waals surface area contributed by atoms with Crippen LogP contribution in [0, 0.1) is 0 Å². The molecule has 0 fully saturated rings. The molecular weight excluding hydrogens is 220 g/mol. The average molecular weight is 242 g/mol. The van der Waals surface area contributed by atoms with Gasteiger partial charge in [0.05, 0.1) is 0 Å². The smallest absolute Gasteiger partial charge is 0.226 e. The number of hydrogen-bond acceptors (Lipinski definition) is 7. The van der Waals surface area contributed by atoms with Gasteiger partial charge < -0.3 is 21.9 Å². The number of rotatable bonds is 5. The summed E-state index contributed by atoms with van der Waals surface area (Å²) in [5, 5.41) is 0. The quantitative estimate of drug-likeness (QED) is 0.653. The van der Waals surface area contributed by atoms with Gasteiger partial charge in [0.2, 0.25) is 17.8 Å². The summed E-state index contributed by atoms with van der Waals surface area (Å²) < 4.78 is 4.89. The van der Waals surface area contributed by atoms with E-state index in [0.29, 0.717) is 0 Å². The lowest BCUT2D eigenvalue weighted by atomic mass is 10.2. The molecule has 0 saturated carbocycles. The SMILES string of the molecule is CCCCCCOC.Nc1nc(N)nc(N)n1. The van der Waals surface area contributed by atoms with E-state index in [2.05, 4.69) is 21.9 Å². The maximum Gasteiger partial charge on any atom is 0.226 e. The highest BCUT2D eigenvalue weighted by Gasteiger charge is 1.93. The Morgan fingerprint density at radius 1 is 0.882 bits per heavy atom. The lowest BCUT2D eigenvalue weighted by molar-refractivity contribution is 0.192. The number of aromatic nitrogens is 3. The van der Waals surface area contributed by atoms with Crippen molar-refractivity contribution in [3.63, 3.8) is 0 Å². The second kappa shape index (κ2) is 9.59. The Labute approximate surface area is 102 Å². The predicted octanol–water partition coefficient (Wildman–Crippen LogP) is 0.831. The fourth-order valence-corrected chi connectivity index (χ4v) is 1.10. The number of nitrogens with zero attached hydrogens (tertiary/aromatic N) is 3. The Morgan fingerprint density at radius 2 is 1.35 bits per heavy atom. The third kappa shape index (κ3) is 9.31. The van der Waals surface area contributed by atoms with Crippen molar-refractivity contribution >= 4 is 17.8 Å². The van der Waals surface area contributed by atoms with Gasteiger partial charge in [-0.1, -0.05) is 26.2 Å². The standard InChI is InChI=1S/C7H16O.C3H6N6/c1-3-4-5-6-7-8-2;4-1-7-2(5)9-3(6)8-1/h3-7H2,1-2H3;(H6,4,5,6,7,8,9). The molecule has 0 aliphatic carbocycles. The molecular formula is C10H22N6O. The topological polar surface area (TPSA) is 126 Å². The Bertz CT molecular complexity index is 250. The fraction of sp³-hybridized carbons (Fsp3) is 0.700. The maximum atomic E-state index is 5.14. The predicted molar refractivity (Wildman–Crippen MR) is 69.1 cm³/mol. The first-order valence-electron chi connectivity index (χ1n) is 5.61. The lowest BCUT2D eigenvalue weighted by Crippen LogP contribution is -2.05. The van der Waals surface area contributed by atoms with E-state index in [1.165, 1.54) is 25.7 Å². The number of methoxy groups -OCH3 is 1. The first kappa shape index (κ1) is 15.4. The average Bonchev–Trinajstić information content (AvgIpc) is 2.23. The molecule has 6 N–H and O–H groups in total. The van der Waals surface area contributed by atoms with Gasteiger partial charge >= 0.3 is 0 Å². The normalized spacial score (nSPS) is 9.53. The van der Waals surface area contributed by atoms with Crippen molar-refractivity contribution in [2.24, 2.45) is 0 Å². The van der Waals surface area contributed by atoms with E-state index in [9.17, 15) is 0 Å². The molecule has 0 radical (unpaired) electrons. The first-order chi connectivity index (χ1) is 8.10. The molecule has 0 aliphatic rings. The van der Waals surface area contributed by atoms with Gasteiger partial charge in [0.1, 0.15) is 0 Å². The van der Waals surface area contributed by atoms with Crippen LogP contribution in [0.25, 0.3) is 0 Å². The summed E-state index contributed by atoms with van der Waals surface area (Å²) >= 11 is 0. The monoisotopic (exact) mass is 242 g/mol. The number of hydrogen-bond donors (Lipinski definition) is 3. The van der Waals surface area contributed by atoms with Gasteiger partial charge in [0.15, 0.2) is 0 Å². The second-order valence-corrected chi connectivity index (χ2v) is 3.46. The van der Waals surface area contributed by atoms with Crippen molar-refractivity contribution in [3.8, 4) is 0 Å². The number of nitrogen functional groups attached to an aromatic ring is 3. The van der Waals surface area contributed by atoms with Gasteiger partial charge in [-0.05, 0) is 6.42 Å². The lowest BCUT2D eigenvalue weighted by Gasteiger charge is -1.95. The van der Waals surface area contributed by atoms with Crippen LogP contribution in [0.3, 0.4) is 0 Å². The van der Waals surface area contributed by atoms with Gasteiger partial charge in [0.25, 0.3) is 0 Å². The van der Waals surface area contributed by atoms with Crippen LogP contribution in [0.5, 0.6) is 0 Å². The van der Waals surface area contributed by atoms with Crippen molar-refractivity contribution in [3.05, 3.63) is 0 Å². The molecule has 17 heavy (non-hydrogen) atoms. The Kier molecular flexibility index (Phi) is 8.67. The van der Waals surface area contributed by atoms with Crippen LogP contribution in [-0.2, 0) is 4.74 Å². The molecule has 1 rings (SSSR count). The summed E-state index contributed by atoms with van der Waals surface area (Å²) in [6.07, 6.45) is 5.21. The third-order valence-electron chi connectivity index (χ3n) is 1.89. The Balaban J connectivity index is 0.000000304. The Hall–Kier alpha value is -1.63. The summed E-state index contributed by atoms with van der Waals surface area (Å²) in [5.41, 5.74) is 15.4. The second-order valence-electron chi connectivity index (χ2n) is 3.46. The summed E-state index contributed by atoms with van der Waals surface area (Å²) in [5.74, 6) is 0.125. The van der Waals surface area contributed by atoms with Gasteiger partial charge in [-0.2, -0.15) is 15.0 Å². The Morgan fingerprint density at radius 3 is 1.71 bits per heavy atom. The van der Waals surface area contributed by atoms with Crippen LogP contribution in [0.15, 0.2) is 0 Å². The first-order valence-corrected chi connectivity index (χ1v) is 5.61. The highest BCUT2D eigenvalue weighted by molar-refractivity contribution is 5.33.